The molecule has 0 amide bonds. The number of carbonyl (C=O) groups excluding carboxylic acids is 1. The number of para-hydroxylation sites is 1. The van der Waals surface area contributed by atoms with Gasteiger partial charge in [-0.15, -0.1) is 0 Å². The van der Waals surface area contributed by atoms with Gasteiger partial charge in [0, 0.05) is 6.54 Å². The monoisotopic (exact) mass is 214 g/mol. The van der Waals surface area contributed by atoms with E-state index in [1.165, 1.54) is 0 Å². The number of fused-ring (bicyclic) bond motifs is 2. The zero-order valence-corrected chi connectivity index (χ0v) is 8.59. The smallest absolute Gasteiger partial charge is 0.261 e. The molecule has 1 atom stereocenters. The maximum atomic E-state index is 12.1. The molecule has 16 heavy (non-hydrogen) atoms. The average Bonchev–Trinajstić information content (AvgIpc) is 2.72. The van der Waals surface area contributed by atoms with Crippen LogP contribution in [-0.4, -0.2) is 15.8 Å². The number of carbonyl (C=O) groups is 1. The Kier molecular flexibility index (Phi) is 1.89. The van der Waals surface area contributed by atoms with Crippen molar-refractivity contribution in [1.29, 1.82) is 0 Å². The molecule has 2 heterocycles. The summed E-state index contributed by atoms with van der Waals surface area (Å²) in [5.41, 5.74) is 0.637. The second kappa shape index (κ2) is 3.27. The van der Waals surface area contributed by atoms with Crippen molar-refractivity contribution in [2.45, 2.75) is 18.9 Å². The lowest BCUT2D eigenvalue weighted by atomic mass is 10.1. The van der Waals surface area contributed by atoms with Crippen LogP contribution in [0, 0.1) is 0 Å². The predicted molar refractivity (Wildman–Crippen MR) is 59.4 cm³/mol. The van der Waals surface area contributed by atoms with Crippen LogP contribution in [0.25, 0.3) is 10.9 Å². The minimum absolute atomic E-state index is 0.0371. The van der Waals surface area contributed by atoms with Gasteiger partial charge < -0.3 is 4.79 Å². The zero-order valence-electron chi connectivity index (χ0n) is 8.59. The number of hydrogen-bond acceptors (Lipinski definition) is 3. The highest BCUT2D eigenvalue weighted by Crippen LogP contribution is 2.23. The van der Waals surface area contributed by atoms with Gasteiger partial charge in [-0.05, 0) is 18.6 Å². The van der Waals surface area contributed by atoms with E-state index in [1.807, 2.05) is 12.1 Å². The number of benzene rings is 1. The molecule has 4 nitrogen and oxygen atoms in total. The second-order valence-electron chi connectivity index (χ2n) is 3.98. The Morgan fingerprint density at radius 2 is 2.19 bits per heavy atom. The summed E-state index contributed by atoms with van der Waals surface area (Å²) in [5.74, 6) is 0.385. The lowest BCUT2D eigenvalue weighted by molar-refractivity contribution is -0.109. The normalized spacial score (nSPS) is 18.6. The standard InChI is InChI=1S/C12H10N2O2/c15-7-8-5-6-14-11(8)13-10-4-2-1-3-9(10)12(14)16/h1-4,7-8H,5-6H2. The van der Waals surface area contributed by atoms with Gasteiger partial charge in [0.25, 0.3) is 5.56 Å². The number of nitrogens with zero attached hydrogens (tertiary/aromatic N) is 2. The lowest BCUT2D eigenvalue weighted by Gasteiger charge is -2.05. The van der Waals surface area contributed by atoms with Crippen molar-refractivity contribution in [2.24, 2.45) is 0 Å². The van der Waals surface area contributed by atoms with Gasteiger partial charge in [-0.1, -0.05) is 12.1 Å². The molecular weight excluding hydrogens is 204 g/mol. The Morgan fingerprint density at radius 3 is 3.00 bits per heavy atom. The summed E-state index contributed by atoms with van der Waals surface area (Å²) in [5, 5.41) is 0.623. The third-order valence-corrected chi connectivity index (χ3v) is 3.05. The summed E-state index contributed by atoms with van der Waals surface area (Å²) in [7, 11) is 0. The molecule has 0 saturated heterocycles. The Labute approximate surface area is 91.5 Å². The molecule has 0 aliphatic carbocycles. The fourth-order valence-corrected chi connectivity index (χ4v) is 2.21. The highest BCUT2D eigenvalue weighted by atomic mass is 16.1. The molecule has 1 aromatic heterocycles. The van der Waals surface area contributed by atoms with Gasteiger partial charge >= 0.3 is 0 Å². The van der Waals surface area contributed by atoms with Gasteiger partial charge in [0.1, 0.15) is 12.1 Å². The maximum Gasteiger partial charge on any atom is 0.261 e. The quantitative estimate of drug-likeness (QED) is 0.667. The van der Waals surface area contributed by atoms with Crippen molar-refractivity contribution in [3.8, 4) is 0 Å². The lowest BCUT2D eigenvalue weighted by Crippen LogP contribution is -2.21. The molecule has 1 aliphatic rings. The number of hydrogen-bond donors (Lipinski definition) is 0. The number of aromatic nitrogens is 2. The summed E-state index contributed by atoms with van der Waals surface area (Å²) in [4.78, 5) is 27.4. The van der Waals surface area contributed by atoms with E-state index >= 15 is 0 Å². The van der Waals surface area contributed by atoms with E-state index in [9.17, 15) is 9.59 Å². The summed E-state index contributed by atoms with van der Waals surface area (Å²) < 4.78 is 1.61. The third kappa shape index (κ3) is 1.13. The van der Waals surface area contributed by atoms with E-state index in [1.54, 1.807) is 16.7 Å². The average molecular weight is 214 g/mol. The van der Waals surface area contributed by atoms with Crippen molar-refractivity contribution in [3.63, 3.8) is 0 Å². The first kappa shape index (κ1) is 9.27. The Balaban J connectivity index is 2.40. The van der Waals surface area contributed by atoms with E-state index < -0.39 is 0 Å². The number of aldehydes is 1. The topological polar surface area (TPSA) is 52.0 Å². The van der Waals surface area contributed by atoms with E-state index in [4.69, 9.17) is 0 Å². The van der Waals surface area contributed by atoms with Crippen LogP contribution >= 0.6 is 0 Å². The molecule has 0 saturated carbocycles. The van der Waals surface area contributed by atoms with Crippen molar-refractivity contribution in [2.75, 3.05) is 0 Å². The van der Waals surface area contributed by atoms with E-state index in [0.29, 0.717) is 29.7 Å². The van der Waals surface area contributed by atoms with Crippen LogP contribution in [0.3, 0.4) is 0 Å². The molecule has 1 aliphatic heterocycles. The Bertz CT molecular complexity index is 630. The van der Waals surface area contributed by atoms with Gasteiger partial charge in [0.2, 0.25) is 0 Å². The summed E-state index contributed by atoms with van der Waals surface area (Å²) in [6.45, 7) is 0.593. The second-order valence-corrected chi connectivity index (χ2v) is 3.98. The first-order chi connectivity index (χ1) is 7.81. The Morgan fingerprint density at radius 1 is 1.38 bits per heavy atom. The number of rotatable bonds is 1. The fourth-order valence-electron chi connectivity index (χ4n) is 2.21. The molecule has 0 bridgehead atoms. The first-order valence-electron chi connectivity index (χ1n) is 5.26. The molecule has 2 aromatic rings. The van der Waals surface area contributed by atoms with Crippen LogP contribution in [0.1, 0.15) is 18.2 Å². The van der Waals surface area contributed by atoms with Crippen LogP contribution in [0.5, 0.6) is 0 Å². The van der Waals surface area contributed by atoms with Gasteiger partial charge in [-0.25, -0.2) is 4.98 Å². The maximum absolute atomic E-state index is 12.1. The van der Waals surface area contributed by atoms with Crippen LogP contribution in [0.4, 0.5) is 0 Å². The molecular formula is C12H10N2O2. The minimum Gasteiger partial charge on any atom is -0.303 e. The van der Waals surface area contributed by atoms with Crippen molar-refractivity contribution >= 4 is 17.2 Å². The van der Waals surface area contributed by atoms with E-state index in [0.717, 1.165) is 6.29 Å². The molecule has 80 valence electrons. The highest BCUT2D eigenvalue weighted by molar-refractivity contribution is 5.78. The summed E-state index contributed by atoms with van der Waals surface area (Å²) >= 11 is 0. The minimum atomic E-state index is -0.225. The third-order valence-electron chi connectivity index (χ3n) is 3.05. The summed E-state index contributed by atoms with van der Waals surface area (Å²) in [6, 6.07) is 7.24. The first-order valence-corrected chi connectivity index (χ1v) is 5.26. The zero-order chi connectivity index (χ0) is 11.1. The molecule has 1 aromatic carbocycles. The van der Waals surface area contributed by atoms with Crippen LogP contribution < -0.4 is 5.56 Å². The molecule has 0 fully saturated rings. The Hall–Kier alpha value is -1.97. The van der Waals surface area contributed by atoms with Crippen molar-refractivity contribution < 1.29 is 4.79 Å². The molecule has 1 unspecified atom stereocenters. The van der Waals surface area contributed by atoms with Gasteiger partial charge in [0.15, 0.2) is 0 Å². The van der Waals surface area contributed by atoms with Crippen molar-refractivity contribution in [3.05, 3.63) is 40.4 Å². The summed E-state index contributed by atoms with van der Waals surface area (Å²) in [6.07, 6.45) is 1.56. The van der Waals surface area contributed by atoms with Crippen molar-refractivity contribution in [1.82, 2.24) is 9.55 Å². The largest absolute Gasteiger partial charge is 0.303 e. The van der Waals surface area contributed by atoms with Crippen LogP contribution in [0.2, 0.25) is 0 Å². The van der Waals surface area contributed by atoms with Crippen LogP contribution in [-0.2, 0) is 11.3 Å². The van der Waals surface area contributed by atoms with Gasteiger partial charge in [-0.2, -0.15) is 0 Å². The van der Waals surface area contributed by atoms with E-state index in [2.05, 4.69) is 4.98 Å². The van der Waals surface area contributed by atoms with E-state index in [-0.39, 0.29) is 11.5 Å². The molecule has 0 N–H and O–H groups in total. The van der Waals surface area contributed by atoms with Crippen LogP contribution in [0.15, 0.2) is 29.1 Å². The molecule has 0 radical (unpaired) electrons. The molecule has 3 rings (SSSR count). The SMILES string of the molecule is O=CC1CCn2c1nc1ccccc1c2=O. The van der Waals surface area contributed by atoms with Gasteiger partial charge in [0.05, 0.1) is 16.8 Å². The molecule has 0 spiro atoms. The highest BCUT2D eigenvalue weighted by Gasteiger charge is 2.25. The van der Waals surface area contributed by atoms with Gasteiger partial charge in [-0.3, -0.25) is 9.36 Å². The molecule has 4 heteroatoms. The fraction of sp³-hybridized carbons (Fsp3) is 0.250. The predicted octanol–water partition coefficient (Wildman–Crippen LogP) is 1.08.